The molecule has 0 atom stereocenters. The van der Waals surface area contributed by atoms with Gasteiger partial charge in [-0.3, -0.25) is 4.98 Å². The summed E-state index contributed by atoms with van der Waals surface area (Å²) < 4.78 is 0. The molecule has 0 saturated carbocycles. The van der Waals surface area contributed by atoms with Crippen molar-refractivity contribution in [1.29, 1.82) is 0 Å². The summed E-state index contributed by atoms with van der Waals surface area (Å²) in [7, 11) is 0. The second kappa shape index (κ2) is 2.70. The molecule has 0 aromatic carbocycles. The van der Waals surface area contributed by atoms with Crippen LogP contribution in [0.15, 0.2) is 36.8 Å². The van der Waals surface area contributed by atoms with Gasteiger partial charge in [-0.25, -0.2) is 4.98 Å². The highest BCUT2D eigenvalue weighted by molar-refractivity contribution is 5.93. The first-order valence-electron chi connectivity index (χ1n) is 4.26. The highest BCUT2D eigenvalue weighted by Gasteiger charge is 2.10. The van der Waals surface area contributed by atoms with E-state index < -0.39 is 0 Å². The minimum atomic E-state index is 0.841. The Morgan fingerprint density at radius 3 is 2.93 bits per heavy atom. The van der Waals surface area contributed by atoms with Crippen molar-refractivity contribution in [2.45, 2.75) is 0 Å². The molecule has 3 rings (SSSR count). The number of aromatic nitrogens is 4. The number of fused-ring (bicyclic) bond motifs is 3. The lowest BCUT2D eigenvalue weighted by atomic mass is 10.2. The van der Waals surface area contributed by atoms with Gasteiger partial charge in [0, 0.05) is 11.6 Å². The van der Waals surface area contributed by atoms with Crippen molar-refractivity contribution in [3.05, 3.63) is 36.8 Å². The Labute approximate surface area is 80.0 Å². The van der Waals surface area contributed by atoms with Gasteiger partial charge in [0.2, 0.25) is 0 Å². The van der Waals surface area contributed by atoms with E-state index in [0.29, 0.717) is 0 Å². The zero-order valence-corrected chi connectivity index (χ0v) is 7.25. The van der Waals surface area contributed by atoms with Crippen molar-refractivity contribution in [1.82, 2.24) is 20.2 Å². The van der Waals surface area contributed by atoms with Gasteiger partial charge in [-0.2, -0.15) is 10.2 Å². The summed E-state index contributed by atoms with van der Waals surface area (Å²) in [5.41, 5.74) is 2.59. The molecular formula is C10H6N4. The quantitative estimate of drug-likeness (QED) is 0.529. The normalized spacial score (nSPS) is 10.9. The average Bonchev–Trinajstić information content (AvgIpc) is 2.42. The molecule has 0 fully saturated rings. The smallest absolute Gasteiger partial charge is 0.0997 e. The molecule has 0 bridgehead atoms. The minimum absolute atomic E-state index is 0.841. The van der Waals surface area contributed by atoms with Crippen molar-refractivity contribution in [3.8, 4) is 11.4 Å². The summed E-state index contributed by atoms with van der Waals surface area (Å²) >= 11 is 0. The lowest BCUT2D eigenvalue weighted by molar-refractivity contribution is 1.05. The third kappa shape index (κ3) is 0.939. The Hall–Kier alpha value is -2.10. The summed E-state index contributed by atoms with van der Waals surface area (Å²) in [6.07, 6.45) is 5.10. The fourth-order valence-corrected chi connectivity index (χ4v) is 1.47. The molecule has 0 saturated heterocycles. The zero-order valence-electron chi connectivity index (χ0n) is 7.25. The zero-order chi connectivity index (χ0) is 9.38. The molecule has 0 amide bonds. The third-order valence-electron chi connectivity index (χ3n) is 2.10. The van der Waals surface area contributed by atoms with Crippen LogP contribution in [0.4, 0.5) is 0 Å². The molecule has 66 valence electrons. The number of rotatable bonds is 0. The molecule has 2 aliphatic rings. The third-order valence-corrected chi connectivity index (χ3v) is 2.10. The second-order valence-electron chi connectivity index (χ2n) is 2.96. The highest BCUT2D eigenvalue weighted by Crippen LogP contribution is 2.26. The molecular weight excluding hydrogens is 176 g/mol. The van der Waals surface area contributed by atoms with Crippen molar-refractivity contribution < 1.29 is 0 Å². The van der Waals surface area contributed by atoms with Gasteiger partial charge in [0.15, 0.2) is 0 Å². The summed E-state index contributed by atoms with van der Waals surface area (Å²) in [5.74, 6) is 0. The molecule has 4 nitrogen and oxygen atoms in total. The number of nitrogens with zero attached hydrogens (tertiary/aromatic N) is 4. The molecule has 0 aliphatic carbocycles. The van der Waals surface area contributed by atoms with E-state index in [0.717, 1.165) is 22.3 Å². The maximum Gasteiger partial charge on any atom is 0.0997 e. The van der Waals surface area contributed by atoms with Crippen LogP contribution in [0, 0.1) is 0 Å². The van der Waals surface area contributed by atoms with E-state index in [4.69, 9.17) is 0 Å². The molecule has 14 heavy (non-hydrogen) atoms. The van der Waals surface area contributed by atoms with Gasteiger partial charge in [-0.05, 0) is 12.1 Å². The number of hydrogen-bond acceptors (Lipinski definition) is 4. The molecule has 1 aromatic rings. The van der Waals surface area contributed by atoms with Gasteiger partial charge in [-0.1, -0.05) is 6.07 Å². The first kappa shape index (κ1) is 7.32. The van der Waals surface area contributed by atoms with Gasteiger partial charge in [-0.15, -0.1) is 0 Å². The summed E-state index contributed by atoms with van der Waals surface area (Å²) in [4.78, 5) is 8.69. The largest absolute Gasteiger partial charge is 0.254 e. The van der Waals surface area contributed by atoms with Crippen LogP contribution in [0.2, 0.25) is 0 Å². The van der Waals surface area contributed by atoms with Gasteiger partial charge in [0.05, 0.1) is 29.3 Å². The molecule has 4 heteroatoms. The predicted molar refractivity (Wildman–Crippen MR) is 51.8 cm³/mol. The maximum absolute atomic E-state index is 4.39. The van der Waals surface area contributed by atoms with E-state index >= 15 is 0 Å². The average molecular weight is 182 g/mol. The SMILES string of the molecule is c1ccc2nc3cnncc3c-2nc1. The lowest BCUT2D eigenvalue weighted by Gasteiger charge is -1.87. The fraction of sp³-hybridized carbons (Fsp3) is 0. The van der Waals surface area contributed by atoms with Gasteiger partial charge >= 0.3 is 0 Å². The Kier molecular flexibility index (Phi) is 1.41. The lowest BCUT2D eigenvalue weighted by Crippen LogP contribution is -1.77. The number of hydrogen-bond donors (Lipinski definition) is 0. The summed E-state index contributed by atoms with van der Waals surface area (Å²) in [6.45, 7) is 0. The Balaban J connectivity index is 2.52. The van der Waals surface area contributed by atoms with Gasteiger partial charge in [0.25, 0.3) is 0 Å². The minimum Gasteiger partial charge on any atom is -0.254 e. The van der Waals surface area contributed by atoms with E-state index in [1.165, 1.54) is 0 Å². The van der Waals surface area contributed by atoms with Gasteiger partial charge < -0.3 is 0 Å². The maximum atomic E-state index is 4.39. The van der Waals surface area contributed by atoms with Crippen molar-refractivity contribution in [2.24, 2.45) is 0 Å². The van der Waals surface area contributed by atoms with Crippen molar-refractivity contribution in [2.75, 3.05) is 0 Å². The summed E-state index contributed by atoms with van der Waals surface area (Å²) in [6, 6.07) is 5.73. The van der Waals surface area contributed by atoms with Crippen LogP contribution < -0.4 is 0 Å². The molecule has 0 spiro atoms. The van der Waals surface area contributed by atoms with E-state index in [1.54, 1.807) is 18.6 Å². The molecule has 1 aromatic heterocycles. The van der Waals surface area contributed by atoms with Crippen molar-refractivity contribution >= 4 is 10.9 Å². The van der Waals surface area contributed by atoms with Crippen LogP contribution in [-0.2, 0) is 0 Å². The molecule has 0 N–H and O–H groups in total. The second-order valence-corrected chi connectivity index (χ2v) is 2.96. The van der Waals surface area contributed by atoms with Gasteiger partial charge in [0.1, 0.15) is 0 Å². The van der Waals surface area contributed by atoms with Crippen LogP contribution in [0.1, 0.15) is 0 Å². The van der Waals surface area contributed by atoms with Crippen molar-refractivity contribution in [3.63, 3.8) is 0 Å². The Morgan fingerprint density at radius 1 is 1.00 bits per heavy atom. The standard InChI is InChI=1S/C10H6N4/c1-2-4-11-10-7-5-12-13-6-9(7)14-8(10)3-1/h1-6H. The van der Waals surface area contributed by atoms with Crippen LogP contribution >= 0.6 is 0 Å². The van der Waals surface area contributed by atoms with Crippen LogP contribution in [0.5, 0.6) is 0 Å². The first-order chi connectivity index (χ1) is 6.95. The Bertz CT molecular complexity index is 564. The fourth-order valence-electron chi connectivity index (χ4n) is 1.47. The molecule has 0 unspecified atom stereocenters. The Morgan fingerprint density at radius 2 is 1.93 bits per heavy atom. The first-order valence-corrected chi connectivity index (χ1v) is 4.26. The molecule has 0 radical (unpaired) electrons. The van der Waals surface area contributed by atoms with E-state index in [-0.39, 0.29) is 0 Å². The summed E-state index contributed by atoms with van der Waals surface area (Å²) in [5, 5.41) is 8.56. The van der Waals surface area contributed by atoms with E-state index in [1.807, 2.05) is 18.2 Å². The topological polar surface area (TPSA) is 51.6 Å². The predicted octanol–water partition coefficient (Wildman–Crippen LogP) is 1.52. The van der Waals surface area contributed by atoms with E-state index in [9.17, 15) is 0 Å². The molecule has 3 heterocycles. The van der Waals surface area contributed by atoms with E-state index in [2.05, 4.69) is 20.2 Å². The van der Waals surface area contributed by atoms with Crippen LogP contribution in [0.25, 0.3) is 22.3 Å². The van der Waals surface area contributed by atoms with Crippen LogP contribution in [0.3, 0.4) is 0 Å². The molecule has 2 aliphatic heterocycles. The van der Waals surface area contributed by atoms with Crippen LogP contribution in [-0.4, -0.2) is 20.2 Å². The monoisotopic (exact) mass is 182 g/mol. The highest BCUT2D eigenvalue weighted by atomic mass is 15.1.